The molecule has 3 aromatic rings. The number of rotatable bonds is 5. The number of ether oxygens (including phenoxy) is 1. The van der Waals surface area contributed by atoms with Crippen molar-refractivity contribution in [1.82, 2.24) is 10.3 Å². The average molecular weight is 393 g/mol. The van der Waals surface area contributed by atoms with Gasteiger partial charge in [-0.2, -0.15) is 0 Å². The normalized spacial score (nSPS) is 10.7. The molecule has 6 nitrogen and oxygen atoms in total. The molecular weight excluding hydrogens is 379 g/mol. The van der Waals surface area contributed by atoms with Gasteiger partial charge in [0.05, 0.1) is 16.7 Å². The van der Waals surface area contributed by atoms with Crippen LogP contribution in [-0.4, -0.2) is 17.5 Å². The van der Waals surface area contributed by atoms with Crippen molar-refractivity contribution in [3.8, 4) is 5.75 Å². The van der Waals surface area contributed by atoms with Gasteiger partial charge in [0.2, 0.25) is 0 Å². The molecule has 0 aliphatic heterocycles. The summed E-state index contributed by atoms with van der Waals surface area (Å²) in [5.74, 6) is -0.296. The Bertz CT molecular complexity index is 1020. The first-order valence-electron chi connectivity index (χ1n) is 7.77. The van der Waals surface area contributed by atoms with E-state index in [9.17, 15) is 9.59 Å². The molecule has 0 fully saturated rings. The maximum Gasteiger partial charge on any atom is 0.349 e. The number of aromatic nitrogens is 1. The highest BCUT2D eigenvalue weighted by atomic mass is 35.5. The summed E-state index contributed by atoms with van der Waals surface area (Å²) >= 11 is 12.3. The van der Waals surface area contributed by atoms with E-state index in [1.165, 1.54) is 12.1 Å². The monoisotopic (exact) mass is 392 g/mol. The molecule has 0 radical (unpaired) electrons. The molecule has 0 atom stereocenters. The fraction of sp³-hybridized carbons (Fsp3) is 0.167. The number of fused-ring (bicyclic) bond motifs is 1. The summed E-state index contributed by atoms with van der Waals surface area (Å²) in [4.78, 5) is 28.6. The van der Waals surface area contributed by atoms with Gasteiger partial charge in [0.15, 0.2) is 11.3 Å². The summed E-state index contributed by atoms with van der Waals surface area (Å²) in [6.07, 6.45) is 3.25. The molecule has 2 heterocycles. The second kappa shape index (κ2) is 7.76. The number of amides is 1. The van der Waals surface area contributed by atoms with Gasteiger partial charge < -0.3 is 14.5 Å². The fourth-order valence-electron chi connectivity index (χ4n) is 2.39. The van der Waals surface area contributed by atoms with Gasteiger partial charge in [-0.05, 0) is 24.6 Å². The lowest BCUT2D eigenvalue weighted by Gasteiger charge is -2.10. The van der Waals surface area contributed by atoms with Crippen molar-refractivity contribution in [2.75, 3.05) is 6.61 Å². The Balaban J connectivity index is 1.98. The SMILES string of the molecule is CCOc1cc(Cl)c(Cl)c2cc(C(=O)NCc3cccnc3)c(=O)oc12. The number of carbonyl (C=O) groups excluding carboxylic acids is 1. The van der Waals surface area contributed by atoms with Crippen LogP contribution in [-0.2, 0) is 6.54 Å². The van der Waals surface area contributed by atoms with Crippen LogP contribution in [0.2, 0.25) is 10.0 Å². The zero-order chi connectivity index (χ0) is 18.7. The van der Waals surface area contributed by atoms with Crippen molar-refractivity contribution >= 4 is 40.1 Å². The molecule has 1 N–H and O–H groups in total. The van der Waals surface area contributed by atoms with Crippen molar-refractivity contribution in [2.45, 2.75) is 13.5 Å². The first-order valence-corrected chi connectivity index (χ1v) is 8.52. The number of nitrogens with zero attached hydrogens (tertiary/aromatic N) is 1. The Kier molecular flexibility index (Phi) is 5.44. The summed E-state index contributed by atoms with van der Waals surface area (Å²) in [5.41, 5.74) is -0.0191. The van der Waals surface area contributed by atoms with Crippen LogP contribution in [0.5, 0.6) is 5.75 Å². The molecule has 0 saturated heterocycles. The number of hydrogen-bond acceptors (Lipinski definition) is 5. The molecule has 1 amide bonds. The van der Waals surface area contributed by atoms with E-state index in [1.54, 1.807) is 31.5 Å². The summed E-state index contributed by atoms with van der Waals surface area (Å²) < 4.78 is 10.7. The standard InChI is InChI=1S/C18H14Cl2N2O4/c1-2-25-14-7-13(19)15(20)11-6-12(18(24)26-16(11)14)17(23)22-9-10-4-3-5-21-8-10/h3-8H,2,9H2,1H3,(H,22,23). The first-order chi connectivity index (χ1) is 12.5. The van der Waals surface area contributed by atoms with E-state index >= 15 is 0 Å². The van der Waals surface area contributed by atoms with Crippen LogP contribution in [0.25, 0.3) is 11.0 Å². The van der Waals surface area contributed by atoms with Crippen LogP contribution < -0.4 is 15.7 Å². The van der Waals surface area contributed by atoms with Crippen LogP contribution in [0.1, 0.15) is 22.8 Å². The highest BCUT2D eigenvalue weighted by Crippen LogP contribution is 2.37. The van der Waals surface area contributed by atoms with Gasteiger partial charge in [0, 0.05) is 30.4 Å². The van der Waals surface area contributed by atoms with Crippen molar-refractivity contribution < 1.29 is 13.9 Å². The van der Waals surface area contributed by atoms with E-state index in [2.05, 4.69) is 10.3 Å². The van der Waals surface area contributed by atoms with Crippen LogP contribution in [0.3, 0.4) is 0 Å². The molecule has 0 bridgehead atoms. The zero-order valence-electron chi connectivity index (χ0n) is 13.7. The summed E-state index contributed by atoms with van der Waals surface area (Å²) in [6, 6.07) is 6.39. The van der Waals surface area contributed by atoms with Gasteiger partial charge in [-0.1, -0.05) is 29.3 Å². The van der Waals surface area contributed by atoms with Crippen LogP contribution in [0.4, 0.5) is 0 Å². The molecule has 0 aliphatic rings. The summed E-state index contributed by atoms with van der Waals surface area (Å²) in [5, 5.41) is 3.39. The van der Waals surface area contributed by atoms with E-state index in [4.69, 9.17) is 32.4 Å². The third-order valence-corrected chi connectivity index (χ3v) is 4.40. The van der Waals surface area contributed by atoms with Crippen molar-refractivity contribution in [2.24, 2.45) is 0 Å². The Morgan fingerprint density at radius 2 is 2.15 bits per heavy atom. The number of benzene rings is 1. The van der Waals surface area contributed by atoms with Crippen molar-refractivity contribution in [1.29, 1.82) is 0 Å². The largest absolute Gasteiger partial charge is 0.490 e. The van der Waals surface area contributed by atoms with Gasteiger partial charge in [-0.3, -0.25) is 9.78 Å². The highest BCUT2D eigenvalue weighted by Gasteiger charge is 2.19. The lowest BCUT2D eigenvalue weighted by atomic mass is 10.1. The summed E-state index contributed by atoms with van der Waals surface area (Å²) in [6.45, 7) is 2.36. The maximum absolute atomic E-state index is 12.4. The van der Waals surface area contributed by atoms with Gasteiger partial charge in [0.25, 0.3) is 5.91 Å². The molecule has 0 aliphatic carbocycles. The van der Waals surface area contributed by atoms with E-state index in [-0.39, 0.29) is 33.5 Å². The molecule has 0 spiro atoms. The Labute approximate surface area is 158 Å². The molecular formula is C18H14Cl2N2O4. The predicted octanol–water partition coefficient (Wildman–Crippen LogP) is 3.82. The van der Waals surface area contributed by atoms with E-state index in [1.807, 2.05) is 0 Å². The Morgan fingerprint density at radius 1 is 1.35 bits per heavy atom. The van der Waals surface area contributed by atoms with Crippen LogP contribution in [0, 0.1) is 0 Å². The molecule has 134 valence electrons. The number of hydrogen-bond donors (Lipinski definition) is 1. The van der Waals surface area contributed by atoms with E-state index < -0.39 is 11.5 Å². The number of pyridine rings is 1. The molecule has 26 heavy (non-hydrogen) atoms. The molecule has 0 unspecified atom stereocenters. The third kappa shape index (κ3) is 3.66. The fourth-order valence-corrected chi connectivity index (χ4v) is 2.79. The smallest absolute Gasteiger partial charge is 0.349 e. The maximum atomic E-state index is 12.4. The van der Waals surface area contributed by atoms with Crippen LogP contribution in [0.15, 0.2) is 45.9 Å². The highest BCUT2D eigenvalue weighted by molar-refractivity contribution is 6.45. The molecule has 0 saturated carbocycles. The van der Waals surface area contributed by atoms with Gasteiger partial charge >= 0.3 is 5.63 Å². The average Bonchev–Trinajstić information content (AvgIpc) is 2.64. The summed E-state index contributed by atoms with van der Waals surface area (Å²) in [7, 11) is 0. The van der Waals surface area contributed by atoms with E-state index in [0.717, 1.165) is 5.56 Å². The second-order valence-electron chi connectivity index (χ2n) is 5.34. The number of halogens is 2. The minimum atomic E-state index is -0.791. The van der Waals surface area contributed by atoms with Crippen molar-refractivity contribution in [3.63, 3.8) is 0 Å². The molecule has 1 aromatic carbocycles. The minimum Gasteiger partial charge on any atom is -0.490 e. The predicted molar refractivity (Wildman–Crippen MR) is 99.1 cm³/mol. The Hall–Kier alpha value is -2.57. The van der Waals surface area contributed by atoms with Gasteiger partial charge in [-0.25, -0.2) is 4.79 Å². The van der Waals surface area contributed by atoms with Crippen LogP contribution >= 0.6 is 23.2 Å². The topological polar surface area (TPSA) is 81.4 Å². The first kappa shape index (κ1) is 18.2. The van der Waals surface area contributed by atoms with Gasteiger partial charge in [-0.15, -0.1) is 0 Å². The lowest BCUT2D eigenvalue weighted by molar-refractivity contribution is 0.0947. The molecule has 8 heteroatoms. The lowest BCUT2D eigenvalue weighted by Crippen LogP contribution is -2.27. The zero-order valence-corrected chi connectivity index (χ0v) is 15.2. The Morgan fingerprint density at radius 3 is 2.85 bits per heavy atom. The second-order valence-corrected chi connectivity index (χ2v) is 6.12. The number of nitrogens with one attached hydrogen (secondary N) is 1. The number of carbonyl (C=O) groups is 1. The van der Waals surface area contributed by atoms with Gasteiger partial charge in [0.1, 0.15) is 5.56 Å². The third-order valence-electron chi connectivity index (χ3n) is 3.60. The van der Waals surface area contributed by atoms with Crippen molar-refractivity contribution in [3.05, 3.63) is 68.3 Å². The minimum absolute atomic E-state index is 0.148. The molecule has 2 aromatic heterocycles. The molecule has 3 rings (SSSR count). The quantitative estimate of drug-likeness (QED) is 0.667. The van der Waals surface area contributed by atoms with E-state index in [0.29, 0.717) is 12.0 Å².